The summed E-state index contributed by atoms with van der Waals surface area (Å²) in [6.45, 7) is 1.86. The van der Waals surface area contributed by atoms with E-state index in [4.69, 9.17) is 21.1 Å². The Kier molecular flexibility index (Phi) is 6.84. The highest BCUT2D eigenvalue weighted by molar-refractivity contribution is 7.18. The molecule has 1 aromatic carbocycles. The summed E-state index contributed by atoms with van der Waals surface area (Å²) >= 11 is 7.04. The molecule has 0 aliphatic carbocycles. The Morgan fingerprint density at radius 2 is 1.92 bits per heavy atom. The zero-order valence-corrected chi connectivity index (χ0v) is 15.9. The van der Waals surface area contributed by atoms with Gasteiger partial charge in [-0.3, -0.25) is 9.59 Å². The zero-order valence-electron chi connectivity index (χ0n) is 14.3. The number of benzene rings is 1. The van der Waals surface area contributed by atoms with Crippen molar-refractivity contribution in [2.75, 3.05) is 14.2 Å². The molecule has 0 spiro atoms. The third-order valence-electron chi connectivity index (χ3n) is 3.71. The third-order valence-corrected chi connectivity index (χ3v) is 4.98. The Morgan fingerprint density at radius 1 is 1.16 bits per heavy atom. The van der Waals surface area contributed by atoms with Crippen molar-refractivity contribution in [3.05, 3.63) is 45.1 Å². The van der Waals surface area contributed by atoms with Gasteiger partial charge in [0.1, 0.15) is 11.5 Å². The summed E-state index contributed by atoms with van der Waals surface area (Å²) in [5.74, 6) is 1.06. The number of rotatable bonds is 8. The van der Waals surface area contributed by atoms with Crippen LogP contribution < -0.4 is 14.8 Å². The molecule has 2 rings (SSSR count). The minimum Gasteiger partial charge on any atom is -0.497 e. The number of ketones is 1. The summed E-state index contributed by atoms with van der Waals surface area (Å²) in [4.78, 5) is 24.8. The van der Waals surface area contributed by atoms with Crippen LogP contribution in [0.1, 0.15) is 41.0 Å². The predicted octanol–water partition coefficient (Wildman–Crippen LogP) is 4.26. The number of thiophene rings is 1. The number of hydrogen-bond acceptors (Lipinski definition) is 5. The van der Waals surface area contributed by atoms with Crippen molar-refractivity contribution in [2.45, 2.75) is 25.8 Å². The van der Waals surface area contributed by atoms with Crippen LogP contribution >= 0.6 is 22.9 Å². The number of methoxy groups -OCH3 is 2. The molecule has 1 amide bonds. The molecule has 0 fully saturated rings. The highest BCUT2D eigenvalue weighted by atomic mass is 35.5. The second-order valence-corrected chi connectivity index (χ2v) is 7.14. The first kappa shape index (κ1) is 19.3. The first-order valence-corrected chi connectivity index (χ1v) is 8.94. The number of hydrogen-bond donors (Lipinski definition) is 1. The average molecular weight is 382 g/mol. The van der Waals surface area contributed by atoms with Crippen molar-refractivity contribution >= 4 is 34.6 Å². The number of Topliss-reactive ketones (excluding diaryl/α,β-unsaturated/α-hetero) is 1. The number of halogens is 1. The zero-order chi connectivity index (χ0) is 18.4. The maximum absolute atomic E-state index is 12.2. The number of carbonyl (C=O) groups is 2. The van der Waals surface area contributed by atoms with E-state index < -0.39 is 0 Å². The monoisotopic (exact) mass is 381 g/mol. The van der Waals surface area contributed by atoms with E-state index >= 15 is 0 Å². The van der Waals surface area contributed by atoms with Crippen LogP contribution in [0.15, 0.2) is 30.3 Å². The molecule has 0 unspecified atom stereocenters. The van der Waals surface area contributed by atoms with Crippen LogP contribution in [-0.4, -0.2) is 25.9 Å². The van der Waals surface area contributed by atoms with Crippen molar-refractivity contribution in [1.82, 2.24) is 5.32 Å². The standard InChI is InChI=1S/C18H20ClNO4S/c1-11(13-10-12(23-2)4-6-15(13)24-3)20-18(22)9-5-14(21)16-7-8-17(19)25-16/h4,6-8,10-11H,5,9H2,1-3H3,(H,20,22)/t11-/m0/s1. The fraction of sp³-hybridized carbons (Fsp3) is 0.333. The maximum Gasteiger partial charge on any atom is 0.220 e. The van der Waals surface area contributed by atoms with Gasteiger partial charge in [0.15, 0.2) is 5.78 Å². The molecule has 0 saturated carbocycles. The fourth-order valence-corrected chi connectivity index (χ4v) is 3.39. The molecule has 0 saturated heterocycles. The number of nitrogens with one attached hydrogen (secondary N) is 1. The van der Waals surface area contributed by atoms with Crippen LogP contribution in [-0.2, 0) is 4.79 Å². The lowest BCUT2D eigenvalue weighted by Crippen LogP contribution is -2.27. The minimum absolute atomic E-state index is 0.0846. The van der Waals surface area contributed by atoms with Crippen molar-refractivity contribution in [2.24, 2.45) is 0 Å². The van der Waals surface area contributed by atoms with E-state index in [0.29, 0.717) is 20.7 Å². The molecule has 1 atom stereocenters. The van der Waals surface area contributed by atoms with Crippen LogP contribution in [0.25, 0.3) is 0 Å². The fourth-order valence-electron chi connectivity index (χ4n) is 2.38. The van der Waals surface area contributed by atoms with Gasteiger partial charge in [-0.1, -0.05) is 11.6 Å². The molecule has 1 heterocycles. The lowest BCUT2D eigenvalue weighted by Gasteiger charge is -2.18. The summed E-state index contributed by atoms with van der Waals surface area (Å²) in [7, 11) is 3.15. The van der Waals surface area contributed by atoms with Crippen LogP contribution in [0.2, 0.25) is 4.34 Å². The molecular formula is C18H20ClNO4S. The van der Waals surface area contributed by atoms with Gasteiger partial charge in [-0.15, -0.1) is 11.3 Å². The molecule has 1 aromatic heterocycles. The lowest BCUT2D eigenvalue weighted by atomic mass is 10.1. The molecule has 25 heavy (non-hydrogen) atoms. The van der Waals surface area contributed by atoms with Gasteiger partial charge in [-0.25, -0.2) is 0 Å². The van der Waals surface area contributed by atoms with E-state index in [9.17, 15) is 9.59 Å². The largest absolute Gasteiger partial charge is 0.497 e. The van der Waals surface area contributed by atoms with Crippen LogP contribution in [0.3, 0.4) is 0 Å². The quantitative estimate of drug-likeness (QED) is 0.694. The molecule has 0 radical (unpaired) electrons. The van der Waals surface area contributed by atoms with E-state index in [2.05, 4.69) is 5.32 Å². The van der Waals surface area contributed by atoms with E-state index in [-0.39, 0.29) is 30.6 Å². The third kappa shape index (κ3) is 5.21. The Labute approximate surface area is 155 Å². The number of amides is 1. The normalized spacial score (nSPS) is 11.7. The van der Waals surface area contributed by atoms with E-state index in [1.54, 1.807) is 38.5 Å². The molecule has 0 aliphatic heterocycles. The van der Waals surface area contributed by atoms with Crippen LogP contribution in [0.5, 0.6) is 11.5 Å². The summed E-state index contributed by atoms with van der Waals surface area (Å²) in [6.07, 6.45) is 0.260. The smallest absolute Gasteiger partial charge is 0.220 e. The SMILES string of the molecule is COc1ccc(OC)c([C@H](C)NC(=O)CCC(=O)c2ccc(Cl)s2)c1. The Hall–Kier alpha value is -2.05. The Balaban J connectivity index is 1.95. The van der Waals surface area contributed by atoms with E-state index in [1.807, 2.05) is 13.0 Å². The van der Waals surface area contributed by atoms with Gasteiger partial charge >= 0.3 is 0 Å². The molecule has 1 N–H and O–H groups in total. The molecule has 7 heteroatoms. The molecular weight excluding hydrogens is 362 g/mol. The Bertz CT molecular complexity index is 759. The average Bonchev–Trinajstić information content (AvgIpc) is 3.05. The van der Waals surface area contributed by atoms with Crippen LogP contribution in [0, 0.1) is 0 Å². The van der Waals surface area contributed by atoms with Crippen LogP contribution in [0.4, 0.5) is 0 Å². The summed E-state index contributed by atoms with van der Waals surface area (Å²) in [5, 5.41) is 2.88. The van der Waals surface area contributed by atoms with Gasteiger partial charge in [0, 0.05) is 18.4 Å². The number of carbonyl (C=O) groups excluding carboxylic acids is 2. The maximum atomic E-state index is 12.2. The highest BCUT2D eigenvalue weighted by Gasteiger charge is 2.17. The molecule has 2 aromatic rings. The summed E-state index contributed by atoms with van der Waals surface area (Å²) in [6, 6.07) is 8.49. The number of ether oxygens (including phenoxy) is 2. The highest BCUT2D eigenvalue weighted by Crippen LogP contribution is 2.29. The second-order valence-electron chi connectivity index (χ2n) is 5.42. The Morgan fingerprint density at radius 3 is 2.52 bits per heavy atom. The predicted molar refractivity (Wildman–Crippen MR) is 99.0 cm³/mol. The molecule has 134 valence electrons. The van der Waals surface area contributed by atoms with Gasteiger partial charge < -0.3 is 14.8 Å². The first-order chi connectivity index (χ1) is 11.9. The van der Waals surface area contributed by atoms with Gasteiger partial charge in [0.05, 0.1) is 29.5 Å². The molecule has 5 nitrogen and oxygen atoms in total. The summed E-state index contributed by atoms with van der Waals surface area (Å²) < 4.78 is 11.1. The molecule has 0 bridgehead atoms. The van der Waals surface area contributed by atoms with Crippen molar-refractivity contribution in [1.29, 1.82) is 0 Å². The van der Waals surface area contributed by atoms with E-state index in [1.165, 1.54) is 11.3 Å². The second kappa shape index (κ2) is 8.87. The van der Waals surface area contributed by atoms with Gasteiger partial charge in [0.2, 0.25) is 5.91 Å². The topological polar surface area (TPSA) is 64.6 Å². The first-order valence-electron chi connectivity index (χ1n) is 7.74. The minimum atomic E-state index is -0.274. The van der Waals surface area contributed by atoms with Crippen molar-refractivity contribution in [3.63, 3.8) is 0 Å². The van der Waals surface area contributed by atoms with Crippen molar-refractivity contribution < 1.29 is 19.1 Å². The molecule has 0 aliphatic rings. The van der Waals surface area contributed by atoms with Gasteiger partial charge in [-0.2, -0.15) is 0 Å². The van der Waals surface area contributed by atoms with Gasteiger partial charge in [-0.05, 0) is 37.3 Å². The van der Waals surface area contributed by atoms with Gasteiger partial charge in [0.25, 0.3) is 0 Å². The lowest BCUT2D eigenvalue weighted by molar-refractivity contribution is -0.121. The summed E-state index contributed by atoms with van der Waals surface area (Å²) in [5.41, 5.74) is 0.812. The van der Waals surface area contributed by atoms with E-state index in [0.717, 1.165) is 5.56 Å². The van der Waals surface area contributed by atoms with Crippen molar-refractivity contribution in [3.8, 4) is 11.5 Å².